The van der Waals surface area contributed by atoms with Crippen LogP contribution in [0.1, 0.15) is 29.0 Å². The third kappa shape index (κ3) is 4.17. The molecule has 0 saturated carbocycles. The topological polar surface area (TPSA) is 88.5 Å². The summed E-state index contributed by atoms with van der Waals surface area (Å²) in [4.78, 5) is 27.9. The number of carboxylic acid groups (broad SMARTS) is 1. The highest BCUT2D eigenvalue weighted by atomic mass is 16.5. The van der Waals surface area contributed by atoms with E-state index >= 15 is 0 Å². The van der Waals surface area contributed by atoms with Gasteiger partial charge in [0.05, 0.1) is 0 Å². The standard InChI is InChI=1S/C24H22N2O4/c27-23(28)22(12-11-16-6-5-13-25-14-16)26-24(29)30-15-21-19-9-3-1-7-17(19)18-8-2-4-10-20(18)21/h1-10,13-14,21-22H,11-12,15H2,(H,26,29)(H,27,28). The Morgan fingerprint density at radius 2 is 1.67 bits per heavy atom. The molecule has 6 heteroatoms. The van der Waals surface area contributed by atoms with Gasteiger partial charge in [-0.15, -0.1) is 0 Å². The van der Waals surface area contributed by atoms with Gasteiger partial charge in [0.15, 0.2) is 0 Å². The van der Waals surface area contributed by atoms with Gasteiger partial charge in [-0.25, -0.2) is 9.59 Å². The first-order valence-corrected chi connectivity index (χ1v) is 9.86. The minimum absolute atomic E-state index is 0.0678. The normalized spacial score (nSPS) is 13.2. The zero-order valence-corrected chi connectivity index (χ0v) is 16.3. The van der Waals surface area contributed by atoms with E-state index in [1.807, 2.05) is 42.5 Å². The molecule has 2 aromatic carbocycles. The van der Waals surface area contributed by atoms with Crippen LogP contribution < -0.4 is 5.32 Å². The third-order valence-electron chi connectivity index (χ3n) is 5.38. The fourth-order valence-corrected chi connectivity index (χ4v) is 3.90. The predicted octanol–water partition coefficient (Wildman–Crippen LogP) is 4.01. The maximum Gasteiger partial charge on any atom is 0.407 e. The van der Waals surface area contributed by atoms with Gasteiger partial charge in [0, 0.05) is 18.3 Å². The van der Waals surface area contributed by atoms with Gasteiger partial charge in [-0.2, -0.15) is 0 Å². The molecule has 0 spiro atoms. The number of aliphatic carboxylic acids is 1. The zero-order valence-electron chi connectivity index (χ0n) is 16.3. The molecule has 1 aromatic heterocycles. The van der Waals surface area contributed by atoms with Crippen LogP contribution in [0.2, 0.25) is 0 Å². The lowest BCUT2D eigenvalue weighted by Crippen LogP contribution is -2.41. The fourth-order valence-electron chi connectivity index (χ4n) is 3.90. The lowest BCUT2D eigenvalue weighted by molar-refractivity contribution is -0.139. The van der Waals surface area contributed by atoms with E-state index < -0.39 is 18.1 Å². The van der Waals surface area contributed by atoms with Crippen molar-refractivity contribution in [1.82, 2.24) is 10.3 Å². The van der Waals surface area contributed by atoms with E-state index in [-0.39, 0.29) is 18.9 Å². The van der Waals surface area contributed by atoms with Crippen molar-refractivity contribution >= 4 is 12.1 Å². The summed E-state index contributed by atoms with van der Waals surface area (Å²) in [6.45, 7) is 0.148. The maximum absolute atomic E-state index is 12.3. The highest BCUT2D eigenvalue weighted by Gasteiger charge is 2.29. The molecule has 152 valence electrons. The van der Waals surface area contributed by atoms with Gasteiger partial charge in [0.25, 0.3) is 0 Å². The largest absolute Gasteiger partial charge is 0.480 e. The van der Waals surface area contributed by atoms with Crippen LogP contribution in [0.4, 0.5) is 4.79 Å². The molecule has 0 aliphatic heterocycles. The van der Waals surface area contributed by atoms with Crippen LogP contribution in [-0.2, 0) is 16.0 Å². The van der Waals surface area contributed by atoms with Gasteiger partial charge >= 0.3 is 12.1 Å². The molecule has 1 atom stereocenters. The maximum atomic E-state index is 12.3. The first-order valence-electron chi connectivity index (χ1n) is 9.86. The second-order valence-corrected chi connectivity index (χ2v) is 7.26. The first-order chi connectivity index (χ1) is 14.6. The Balaban J connectivity index is 1.38. The number of aryl methyl sites for hydroxylation is 1. The van der Waals surface area contributed by atoms with Crippen molar-refractivity contribution in [1.29, 1.82) is 0 Å². The summed E-state index contributed by atoms with van der Waals surface area (Å²) in [5.41, 5.74) is 5.41. The smallest absolute Gasteiger partial charge is 0.407 e. The molecular weight excluding hydrogens is 380 g/mol. The van der Waals surface area contributed by atoms with Gasteiger partial charge in [-0.1, -0.05) is 54.6 Å². The average Bonchev–Trinajstić information content (AvgIpc) is 3.09. The molecule has 2 N–H and O–H groups in total. The fraction of sp³-hybridized carbons (Fsp3) is 0.208. The van der Waals surface area contributed by atoms with Crippen LogP contribution in [0.25, 0.3) is 11.1 Å². The molecular formula is C24H22N2O4. The Morgan fingerprint density at radius 1 is 1.00 bits per heavy atom. The van der Waals surface area contributed by atoms with E-state index in [0.717, 1.165) is 27.8 Å². The van der Waals surface area contributed by atoms with Gasteiger partial charge in [0.1, 0.15) is 12.6 Å². The number of nitrogens with one attached hydrogen (secondary N) is 1. The SMILES string of the molecule is O=C(NC(CCc1cccnc1)C(=O)O)OCC1c2ccccc2-c2ccccc21. The van der Waals surface area contributed by atoms with Crippen LogP contribution in [0.3, 0.4) is 0 Å². The summed E-state index contributed by atoms with van der Waals surface area (Å²) in [5.74, 6) is -1.16. The van der Waals surface area contributed by atoms with Crippen molar-refractivity contribution in [2.75, 3.05) is 6.61 Å². The Labute approximate surface area is 174 Å². The molecule has 4 rings (SSSR count). The predicted molar refractivity (Wildman–Crippen MR) is 112 cm³/mol. The molecule has 6 nitrogen and oxygen atoms in total. The lowest BCUT2D eigenvalue weighted by atomic mass is 9.98. The van der Waals surface area contributed by atoms with E-state index in [9.17, 15) is 14.7 Å². The molecule has 0 radical (unpaired) electrons. The lowest BCUT2D eigenvalue weighted by Gasteiger charge is -2.17. The number of rotatable bonds is 7. The van der Waals surface area contributed by atoms with Crippen molar-refractivity contribution in [2.45, 2.75) is 24.8 Å². The minimum Gasteiger partial charge on any atom is -0.480 e. The van der Waals surface area contributed by atoms with Crippen LogP contribution in [-0.4, -0.2) is 34.8 Å². The highest BCUT2D eigenvalue weighted by molar-refractivity contribution is 5.81. The number of benzene rings is 2. The summed E-state index contributed by atoms with van der Waals surface area (Å²) in [5, 5.41) is 11.9. The number of fused-ring (bicyclic) bond motifs is 3. The molecule has 3 aromatic rings. The Morgan fingerprint density at radius 3 is 2.27 bits per heavy atom. The number of hydrogen-bond donors (Lipinski definition) is 2. The monoisotopic (exact) mass is 402 g/mol. The zero-order chi connectivity index (χ0) is 20.9. The summed E-state index contributed by atoms with van der Waals surface area (Å²) < 4.78 is 5.45. The number of carboxylic acids is 1. The number of carbonyl (C=O) groups excluding carboxylic acids is 1. The molecule has 30 heavy (non-hydrogen) atoms. The van der Waals surface area contributed by atoms with Gasteiger partial charge in [-0.05, 0) is 46.7 Å². The van der Waals surface area contributed by atoms with Gasteiger partial charge in [-0.3, -0.25) is 4.98 Å². The number of carbonyl (C=O) groups is 2. The van der Waals surface area contributed by atoms with Crippen molar-refractivity contribution in [3.63, 3.8) is 0 Å². The van der Waals surface area contributed by atoms with E-state index in [0.29, 0.717) is 6.42 Å². The second kappa shape index (κ2) is 8.78. The number of pyridine rings is 1. The Bertz CT molecular complexity index is 1010. The number of alkyl carbamates (subject to hydrolysis) is 1. The Kier molecular flexibility index (Phi) is 5.75. The van der Waals surface area contributed by atoms with Crippen molar-refractivity contribution in [2.24, 2.45) is 0 Å². The average molecular weight is 402 g/mol. The van der Waals surface area contributed by atoms with Crippen LogP contribution in [0.5, 0.6) is 0 Å². The van der Waals surface area contributed by atoms with Crippen LogP contribution in [0, 0.1) is 0 Å². The molecule has 1 unspecified atom stereocenters. The second-order valence-electron chi connectivity index (χ2n) is 7.26. The highest BCUT2D eigenvalue weighted by Crippen LogP contribution is 2.44. The molecule has 1 aliphatic rings. The number of nitrogens with zero attached hydrogens (tertiary/aromatic N) is 1. The number of amides is 1. The summed E-state index contributed by atoms with van der Waals surface area (Å²) >= 11 is 0. The minimum atomic E-state index is -1.09. The Hall–Kier alpha value is -3.67. The molecule has 1 heterocycles. The van der Waals surface area contributed by atoms with Crippen molar-refractivity contribution < 1.29 is 19.4 Å². The van der Waals surface area contributed by atoms with Crippen LogP contribution in [0.15, 0.2) is 73.1 Å². The number of aromatic nitrogens is 1. The molecule has 1 amide bonds. The number of hydrogen-bond acceptors (Lipinski definition) is 4. The summed E-state index contributed by atoms with van der Waals surface area (Å²) in [6.07, 6.45) is 3.37. The molecule has 0 saturated heterocycles. The summed E-state index contributed by atoms with van der Waals surface area (Å²) in [7, 11) is 0. The van der Waals surface area contributed by atoms with Crippen molar-refractivity contribution in [3.05, 3.63) is 89.7 Å². The van der Waals surface area contributed by atoms with Crippen molar-refractivity contribution in [3.8, 4) is 11.1 Å². The van der Waals surface area contributed by atoms with E-state index in [1.165, 1.54) is 0 Å². The van der Waals surface area contributed by atoms with E-state index in [4.69, 9.17) is 4.74 Å². The van der Waals surface area contributed by atoms with Gasteiger partial charge in [0.2, 0.25) is 0 Å². The third-order valence-corrected chi connectivity index (χ3v) is 5.38. The van der Waals surface area contributed by atoms with E-state index in [2.05, 4.69) is 22.4 Å². The first kappa shape index (κ1) is 19.6. The van der Waals surface area contributed by atoms with E-state index in [1.54, 1.807) is 18.5 Å². The van der Waals surface area contributed by atoms with Crippen LogP contribution >= 0.6 is 0 Å². The molecule has 1 aliphatic carbocycles. The summed E-state index contributed by atoms with van der Waals surface area (Å²) in [6, 6.07) is 18.8. The van der Waals surface area contributed by atoms with Gasteiger partial charge < -0.3 is 15.2 Å². The molecule has 0 bridgehead atoms. The quantitative estimate of drug-likeness (QED) is 0.623. The molecule has 0 fully saturated rings. The number of ether oxygens (including phenoxy) is 1.